The molecule has 202 valence electrons. The van der Waals surface area contributed by atoms with Crippen molar-refractivity contribution in [1.29, 1.82) is 0 Å². The number of nitrogens with one attached hydrogen (secondary N) is 1. The number of anilines is 1. The first-order chi connectivity index (χ1) is 19.3. The second-order valence-electron chi connectivity index (χ2n) is 10.3. The molecule has 3 aromatic carbocycles. The first-order valence-corrected chi connectivity index (χ1v) is 14.4. The van der Waals surface area contributed by atoms with Gasteiger partial charge in [0.25, 0.3) is 5.91 Å². The molecule has 2 aromatic heterocycles. The lowest BCUT2D eigenvalue weighted by atomic mass is 9.99. The maximum atomic E-state index is 13.8. The number of para-hydroxylation sites is 1. The zero-order valence-electron chi connectivity index (χ0n) is 23.2. The molecule has 0 aliphatic carbocycles. The standard InChI is InChI=1S/C34H32N2O3S/c1-5-39-34(38)31-28(24-14-10-22(4)11-15-24)20-40-33(31)36-32(37)27-19-30(35-29-9-7-6-8-26(27)29)25-16-12-23(13-17-25)18-21(2)3/h6-17,19-21H,5,18H2,1-4H3,(H,36,37). The van der Waals surface area contributed by atoms with Gasteiger partial charge in [-0.1, -0.05) is 86.1 Å². The van der Waals surface area contributed by atoms with Gasteiger partial charge < -0.3 is 10.1 Å². The highest BCUT2D eigenvalue weighted by atomic mass is 32.1. The molecule has 0 aliphatic heterocycles. The van der Waals surface area contributed by atoms with Gasteiger partial charge in [0.05, 0.1) is 23.4 Å². The molecule has 0 fully saturated rings. The first-order valence-electron chi connectivity index (χ1n) is 13.5. The van der Waals surface area contributed by atoms with Crippen LogP contribution in [0.4, 0.5) is 5.00 Å². The zero-order valence-corrected chi connectivity index (χ0v) is 24.0. The van der Waals surface area contributed by atoms with E-state index in [4.69, 9.17) is 9.72 Å². The number of ether oxygens (including phenoxy) is 1. The van der Waals surface area contributed by atoms with Crippen molar-refractivity contribution in [3.05, 3.63) is 106 Å². The highest BCUT2D eigenvalue weighted by Crippen LogP contribution is 2.37. The molecule has 2 heterocycles. The molecule has 0 radical (unpaired) electrons. The largest absolute Gasteiger partial charge is 0.462 e. The molecule has 1 N–H and O–H groups in total. The van der Waals surface area contributed by atoms with Gasteiger partial charge in [0.2, 0.25) is 0 Å². The minimum atomic E-state index is -0.462. The van der Waals surface area contributed by atoms with Crippen LogP contribution < -0.4 is 5.32 Å². The van der Waals surface area contributed by atoms with Crippen molar-refractivity contribution in [2.24, 2.45) is 5.92 Å². The number of nitrogens with zero attached hydrogens (tertiary/aromatic N) is 1. The molecular formula is C34H32N2O3S. The van der Waals surface area contributed by atoms with Crippen LogP contribution in [0.15, 0.2) is 84.2 Å². The van der Waals surface area contributed by atoms with Gasteiger partial charge in [0, 0.05) is 21.9 Å². The fraction of sp³-hybridized carbons (Fsp3) is 0.206. The molecule has 0 unspecified atom stereocenters. The Morgan fingerprint density at radius 2 is 1.65 bits per heavy atom. The van der Waals surface area contributed by atoms with Crippen LogP contribution in [-0.4, -0.2) is 23.5 Å². The van der Waals surface area contributed by atoms with Crippen LogP contribution in [-0.2, 0) is 11.2 Å². The molecule has 0 atom stereocenters. The zero-order chi connectivity index (χ0) is 28.2. The average Bonchev–Trinajstić information content (AvgIpc) is 3.36. The minimum Gasteiger partial charge on any atom is -0.462 e. The van der Waals surface area contributed by atoms with Gasteiger partial charge in [0.15, 0.2) is 0 Å². The van der Waals surface area contributed by atoms with E-state index in [9.17, 15) is 9.59 Å². The van der Waals surface area contributed by atoms with E-state index in [1.54, 1.807) is 6.92 Å². The number of thiophene rings is 1. The molecule has 1 amide bonds. The summed E-state index contributed by atoms with van der Waals surface area (Å²) in [6.07, 6.45) is 1.01. The summed E-state index contributed by atoms with van der Waals surface area (Å²) >= 11 is 1.32. The van der Waals surface area contributed by atoms with Crippen molar-refractivity contribution >= 4 is 39.1 Å². The molecule has 5 rings (SSSR count). The summed E-state index contributed by atoms with van der Waals surface area (Å²) in [6.45, 7) is 8.43. The van der Waals surface area contributed by atoms with Crippen LogP contribution in [0.1, 0.15) is 52.6 Å². The lowest BCUT2D eigenvalue weighted by Crippen LogP contribution is -2.15. The number of carbonyl (C=O) groups is 2. The number of aryl methyl sites for hydroxylation is 1. The Morgan fingerprint density at radius 1 is 0.950 bits per heavy atom. The summed E-state index contributed by atoms with van der Waals surface area (Å²) in [4.78, 5) is 31.8. The van der Waals surface area contributed by atoms with E-state index in [0.717, 1.165) is 45.3 Å². The highest BCUT2D eigenvalue weighted by molar-refractivity contribution is 7.15. The van der Waals surface area contributed by atoms with Crippen LogP contribution >= 0.6 is 11.3 Å². The topological polar surface area (TPSA) is 68.3 Å². The Hall–Kier alpha value is -4.29. The summed E-state index contributed by atoms with van der Waals surface area (Å²) < 4.78 is 5.39. The number of hydrogen-bond acceptors (Lipinski definition) is 5. The van der Waals surface area contributed by atoms with E-state index in [1.807, 2.05) is 66.9 Å². The Balaban J connectivity index is 1.54. The van der Waals surface area contributed by atoms with Gasteiger partial charge in [-0.15, -0.1) is 11.3 Å². The van der Waals surface area contributed by atoms with Gasteiger partial charge in [-0.3, -0.25) is 4.79 Å². The van der Waals surface area contributed by atoms with Crippen LogP contribution in [0.3, 0.4) is 0 Å². The van der Waals surface area contributed by atoms with E-state index in [1.165, 1.54) is 16.9 Å². The molecular weight excluding hydrogens is 516 g/mol. The molecule has 0 saturated heterocycles. The second kappa shape index (κ2) is 11.8. The lowest BCUT2D eigenvalue weighted by Gasteiger charge is -2.12. The third kappa shape index (κ3) is 5.82. The fourth-order valence-electron chi connectivity index (χ4n) is 4.77. The second-order valence-corrected chi connectivity index (χ2v) is 11.1. The van der Waals surface area contributed by atoms with Crippen LogP contribution in [0.2, 0.25) is 0 Å². The maximum absolute atomic E-state index is 13.8. The summed E-state index contributed by atoms with van der Waals surface area (Å²) in [6, 6.07) is 25.7. The van der Waals surface area contributed by atoms with E-state index in [0.29, 0.717) is 22.0 Å². The Morgan fingerprint density at radius 3 is 2.35 bits per heavy atom. The normalized spacial score (nSPS) is 11.1. The average molecular weight is 549 g/mol. The smallest absolute Gasteiger partial charge is 0.341 e. The number of benzene rings is 3. The summed E-state index contributed by atoms with van der Waals surface area (Å²) in [7, 11) is 0. The number of amides is 1. The summed E-state index contributed by atoms with van der Waals surface area (Å²) in [5.41, 5.74) is 7.27. The Labute approximate surface area is 238 Å². The van der Waals surface area contributed by atoms with Crippen molar-refractivity contribution in [3.8, 4) is 22.4 Å². The van der Waals surface area contributed by atoms with Crippen LogP contribution in [0.5, 0.6) is 0 Å². The van der Waals surface area contributed by atoms with Crippen molar-refractivity contribution in [1.82, 2.24) is 4.98 Å². The van der Waals surface area contributed by atoms with E-state index >= 15 is 0 Å². The van der Waals surface area contributed by atoms with Gasteiger partial charge >= 0.3 is 5.97 Å². The van der Waals surface area contributed by atoms with Crippen LogP contribution in [0.25, 0.3) is 33.3 Å². The van der Waals surface area contributed by atoms with Crippen molar-refractivity contribution in [3.63, 3.8) is 0 Å². The third-order valence-corrected chi connectivity index (χ3v) is 7.61. The molecule has 0 bridgehead atoms. The van der Waals surface area contributed by atoms with E-state index in [-0.39, 0.29) is 12.5 Å². The predicted molar refractivity (Wildman–Crippen MR) is 164 cm³/mol. The van der Waals surface area contributed by atoms with Gasteiger partial charge in [-0.05, 0) is 49.4 Å². The molecule has 5 nitrogen and oxygen atoms in total. The quantitative estimate of drug-likeness (QED) is 0.197. The first kappa shape index (κ1) is 27.3. The third-order valence-electron chi connectivity index (χ3n) is 6.71. The molecule has 40 heavy (non-hydrogen) atoms. The monoisotopic (exact) mass is 548 g/mol. The van der Waals surface area contributed by atoms with E-state index < -0.39 is 5.97 Å². The SMILES string of the molecule is CCOC(=O)c1c(-c2ccc(C)cc2)csc1NC(=O)c1cc(-c2ccc(CC(C)C)cc2)nc2ccccc12. The van der Waals surface area contributed by atoms with Gasteiger partial charge in [-0.2, -0.15) is 0 Å². The highest BCUT2D eigenvalue weighted by Gasteiger charge is 2.24. The summed E-state index contributed by atoms with van der Waals surface area (Å²) in [5.74, 6) is -0.196. The molecule has 0 saturated carbocycles. The molecule has 0 spiro atoms. The molecule has 0 aliphatic rings. The van der Waals surface area contributed by atoms with Gasteiger partial charge in [0.1, 0.15) is 10.6 Å². The van der Waals surface area contributed by atoms with Crippen molar-refractivity contribution in [2.45, 2.75) is 34.1 Å². The summed E-state index contributed by atoms with van der Waals surface area (Å²) in [5, 5.41) is 6.11. The van der Waals surface area contributed by atoms with E-state index in [2.05, 4.69) is 43.4 Å². The number of hydrogen-bond donors (Lipinski definition) is 1. The minimum absolute atomic E-state index is 0.240. The van der Waals surface area contributed by atoms with Crippen molar-refractivity contribution < 1.29 is 14.3 Å². The number of pyridine rings is 1. The Bertz CT molecular complexity index is 1670. The predicted octanol–water partition coefficient (Wildman–Crippen LogP) is 8.57. The number of rotatable bonds is 8. The number of fused-ring (bicyclic) bond motifs is 1. The Kier molecular flexibility index (Phi) is 8.08. The van der Waals surface area contributed by atoms with Gasteiger partial charge in [-0.25, -0.2) is 9.78 Å². The molecule has 5 aromatic rings. The van der Waals surface area contributed by atoms with Crippen molar-refractivity contribution in [2.75, 3.05) is 11.9 Å². The number of aromatic nitrogens is 1. The maximum Gasteiger partial charge on any atom is 0.341 e. The lowest BCUT2D eigenvalue weighted by molar-refractivity contribution is 0.0529. The number of esters is 1. The van der Waals surface area contributed by atoms with Crippen LogP contribution in [0, 0.1) is 12.8 Å². The number of carbonyl (C=O) groups excluding carboxylic acids is 2. The molecule has 6 heteroatoms. The fourth-order valence-corrected chi connectivity index (χ4v) is 5.72.